The number of para-hydroxylation sites is 1. The minimum Gasteiger partial charge on any atom is -0.368 e. The lowest BCUT2D eigenvalue weighted by Crippen LogP contribution is -2.22. The number of nitrogens with two attached hydrogens (primary N) is 1. The van der Waals surface area contributed by atoms with Crippen LogP contribution in [0.1, 0.15) is 10.7 Å². The fourth-order valence-corrected chi connectivity index (χ4v) is 4.57. The van der Waals surface area contributed by atoms with Crippen molar-refractivity contribution in [1.29, 1.82) is 0 Å². The summed E-state index contributed by atoms with van der Waals surface area (Å²) in [6.07, 6.45) is 1.53. The van der Waals surface area contributed by atoms with E-state index in [0.717, 1.165) is 21.7 Å². The number of aryl methyl sites for hydroxylation is 1. The summed E-state index contributed by atoms with van der Waals surface area (Å²) in [4.78, 5) is 32.5. The van der Waals surface area contributed by atoms with Gasteiger partial charge in [-0.3, -0.25) is 9.36 Å². The van der Waals surface area contributed by atoms with Gasteiger partial charge in [-0.25, -0.2) is 4.98 Å². The molecule has 32 heavy (non-hydrogen) atoms. The fraction of sp³-hybridized carbons (Fsp3) is 0.0870. The molecule has 0 saturated carbocycles. The molecular weight excluding hydrogens is 422 g/mol. The summed E-state index contributed by atoms with van der Waals surface area (Å²) in [7, 11) is 0. The van der Waals surface area contributed by atoms with Crippen LogP contribution in [0.3, 0.4) is 0 Å². The van der Waals surface area contributed by atoms with Crippen LogP contribution in [0.4, 0.5) is 17.6 Å². The summed E-state index contributed by atoms with van der Waals surface area (Å²) in [6.45, 7) is 2.13. The summed E-state index contributed by atoms with van der Waals surface area (Å²) in [6, 6.07) is 19.4. The Balaban J connectivity index is 1.54. The van der Waals surface area contributed by atoms with Crippen LogP contribution in [0, 0.1) is 6.92 Å². The fourth-order valence-electron chi connectivity index (χ4n) is 3.57. The number of benzene rings is 2. The van der Waals surface area contributed by atoms with E-state index in [9.17, 15) is 4.79 Å². The molecule has 158 valence electrons. The maximum absolute atomic E-state index is 13.4. The van der Waals surface area contributed by atoms with Gasteiger partial charge in [0.05, 0.1) is 18.3 Å². The van der Waals surface area contributed by atoms with E-state index in [1.165, 1.54) is 22.2 Å². The molecule has 5 aromatic rings. The lowest BCUT2D eigenvalue weighted by atomic mass is 10.0. The molecule has 3 aromatic heterocycles. The SMILES string of the molecule is Cc1sc2ncn(Cc3nc(N)nc(Nc4ccccc4)n3)c(=O)c2c1-c1ccccc1. The van der Waals surface area contributed by atoms with E-state index in [0.29, 0.717) is 22.0 Å². The van der Waals surface area contributed by atoms with Crippen molar-refractivity contribution in [3.63, 3.8) is 0 Å². The third-order valence-corrected chi connectivity index (χ3v) is 5.97. The summed E-state index contributed by atoms with van der Waals surface area (Å²) in [5.41, 5.74) is 8.48. The predicted molar refractivity (Wildman–Crippen MR) is 127 cm³/mol. The summed E-state index contributed by atoms with van der Waals surface area (Å²) < 4.78 is 1.50. The molecule has 9 heteroatoms. The highest BCUT2D eigenvalue weighted by molar-refractivity contribution is 7.19. The molecule has 0 fully saturated rings. The largest absolute Gasteiger partial charge is 0.368 e. The van der Waals surface area contributed by atoms with Crippen molar-refractivity contribution in [3.05, 3.63) is 88.0 Å². The Hall–Kier alpha value is -4.11. The standard InChI is InChI=1S/C23H19N7OS/c1-14-18(15-8-4-2-5-9-15)19-20(32-14)25-13-30(21(19)31)12-17-27-22(24)29-23(28-17)26-16-10-6-3-7-11-16/h2-11,13H,12H2,1H3,(H3,24,26,27,28,29). The average Bonchev–Trinajstić information content (AvgIpc) is 3.13. The maximum atomic E-state index is 13.4. The van der Waals surface area contributed by atoms with Gasteiger partial charge >= 0.3 is 0 Å². The van der Waals surface area contributed by atoms with Crippen LogP contribution < -0.4 is 16.6 Å². The van der Waals surface area contributed by atoms with Crippen LogP contribution in [0.15, 0.2) is 71.8 Å². The molecule has 0 unspecified atom stereocenters. The van der Waals surface area contributed by atoms with Crippen LogP contribution in [0.2, 0.25) is 0 Å². The van der Waals surface area contributed by atoms with E-state index in [-0.39, 0.29) is 18.1 Å². The minimum atomic E-state index is -0.144. The van der Waals surface area contributed by atoms with Crippen LogP contribution in [-0.2, 0) is 6.54 Å². The molecule has 0 spiro atoms. The average molecular weight is 442 g/mol. The second-order valence-electron chi connectivity index (χ2n) is 7.18. The number of rotatable bonds is 5. The van der Waals surface area contributed by atoms with E-state index < -0.39 is 0 Å². The molecule has 3 N–H and O–H groups in total. The first-order chi connectivity index (χ1) is 15.6. The highest BCUT2D eigenvalue weighted by Gasteiger charge is 2.17. The Kier molecular flexibility index (Phi) is 5.08. The second kappa shape index (κ2) is 8.20. The van der Waals surface area contributed by atoms with Crippen molar-refractivity contribution >= 4 is 39.1 Å². The highest BCUT2D eigenvalue weighted by atomic mass is 32.1. The van der Waals surface area contributed by atoms with E-state index in [4.69, 9.17) is 5.73 Å². The molecule has 0 bridgehead atoms. The minimum absolute atomic E-state index is 0.0758. The Morgan fingerprint density at radius 3 is 2.47 bits per heavy atom. The number of hydrogen-bond donors (Lipinski definition) is 2. The van der Waals surface area contributed by atoms with Crippen molar-refractivity contribution < 1.29 is 0 Å². The Labute approximate surface area is 187 Å². The quantitative estimate of drug-likeness (QED) is 0.424. The zero-order valence-electron chi connectivity index (χ0n) is 17.2. The first kappa shape index (κ1) is 19.8. The zero-order valence-corrected chi connectivity index (χ0v) is 18.0. The van der Waals surface area contributed by atoms with Gasteiger partial charge in [0.25, 0.3) is 5.56 Å². The molecule has 0 saturated heterocycles. The van der Waals surface area contributed by atoms with Crippen molar-refractivity contribution in [1.82, 2.24) is 24.5 Å². The normalized spacial score (nSPS) is 11.0. The third-order valence-electron chi connectivity index (χ3n) is 4.96. The lowest BCUT2D eigenvalue weighted by Gasteiger charge is -2.09. The molecule has 0 amide bonds. The Bertz CT molecular complexity index is 1460. The molecular formula is C23H19N7OS. The van der Waals surface area contributed by atoms with Gasteiger partial charge in [-0.1, -0.05) is 48.5 Å². The maximum Gasteiger partial charge on any atom is 0.263 e. The van der Waals surface area contributed by atoms with Gasteiger partial charge in [-0.2, -0.15) is 15.0 Å². The van der Waals surface area contributed by atoms with E-state index in [1.807, 2.05) is 67.6 Å². The monoisotopic (exact) mass is 441 g/mol. The zero-order chi connectivity index (χ0) is 22.1. The first-order valence-corrected chi connectivity index (χ1v) is 10.8. The molecule has 2 aromatic carbocycles. The smallest absolute Gasteiger partial charge is 0.263 e. The van der Waals surface area contributed by atoms with Gasteiger partial charge in [-0.15, -0.1) is 11.3 Å². The third kappa shape index (κ3) is 3.81. The number of thiophene rings is 1. The molecule has 0 aliphatic heterocycles. The van der Waals surface area contributed by atoms with Crippen LogP contribution in [0.5, 0.6) is 0 Å². The first-order valence-electron chi connectivity index (χ1n) is 9.95. The van der Waals surface area contributed by atoms with Crippen molar-refractivity contribution in [3.8, 4) is 11.1 Å². The molecule has 0 atom stereocenters. The number of anilines is 3. The van der Waals surface area contributed by atoms with Crippen molar-refractivity contribution in [2.45, 2.75) is 13.5 Å². The number of nitrogens with zero attached hydrogens (tertiary/aromatic N) is 5. The number of hydrogen-bond acceptors (Lipinski definition) is 8. The van der Waals surface area contributed by atoms with Crippen molar-refractivity contribution in [2.24, 2.45) is 0 Å². The Morgan fingerprint density at radius 1 is 1.00 bits per heavy atom. The number of aromatic nitrogens is 5. The summed E-state index contributed by atoms with van der Waals surface area (Å²) in [5, 5.41) is 3.71. The summed E-state index contributed by atoms with van der Waals surface area (Å²) >= 11 is 1.51. The van der Waals surface area contributed by atoms with Gasteiger partial charge in [0.2, 0.25) is 11.9 Å². The number of fused-ring (bicyclic) bond motifs is 1. The Morgan fingerprint density at radius 2 is 1.72 bits per heavy atom. The van der Waals surface area contributed by atoms with Crippen LogP contribution >= 0.6 is 11.3 Å². The van der Waals surface area contributed by atoms with E-state index in [2.05, 4.69) is 25.3 Å². The molecule has 0 aliphatic carbocycles. The van der Waals surface area contributed by atoms with E-state index >= 15 is 0 Å². The van der Waals surface area contributed by atoms with Gasteiger partial charge in [0.15, 0.2) is 5.82 Å². The van der Waals surface area contributed by atoms with Crippen LogP contribution in [-0.4, -0.2) is 24.5 Å². The topological polar surface area (TPSA) is 112 Å². The summed E-state index contributed by atoms with van der Waals surface area (Å²) in [5.74, 6) is 0.761. The number of nitrogens with one attached hydrogen (secondary N) is 1. The van der Waals surface area contributed by atoms with Gasteiger partial charge < -0.3 is 11.1 Å². The molecule has 8 nitrogen and oxygen atoms in total. The predicted octanol–water partition coefficient (Wildman–Crippen LogP) is 3.99. The molecule has 0 radical (unpaired) electrons. The van der Waals surface area contributed by atoms with Crippen LogP contribution in [0.25, 0.3) is 21.3 Å². The lowest BCUT2D eigenvalue weighted by molar-refractivity contribution is 0.704. The van der Waals surface area contributed by atoms with Gasteiger partial charge in [0.1, 0.15) is 4.83 Å². The van der Waals surface area contributed by atoms with Crippen molar-refractivity contribution in [2.75, 3.05) is 11.1 Å². The van der Waals surface area contributed by atoms with Gasteiger partial charge in [0, 0.05) is 16.1 Å². The highest BCUT2D eigenvalue weighted by Crippen LogP contribution is 2.35. The molecule has 5 rings (SSSR count). The number of nitrogen functional groups attached to an aromatic ring is 1. The molecule has 0 aliphatic rings. The second-order valence-corrected chi connectivity index (χ2v) is 8.38. The molecule has 3 heterocycles. The van der Waals surface area contributed by atoms with E-state index in [1.54, 1.807) is 0 Å². The van der Waals surface area contributed by atoms with Gasteiger partial charge in [-0.05, 0) is 24.6 Å².